The number of benzene rings is 1. The highest BCUT2D eigenvalue weighted by atomic mass is 32.1. The molecule has 1 aliphatic heterocycles. The maximum atomic E-state index is 13.2. The molecule has 0 atom stereocenters. The lowest BCUT2D eigenvalue weighted by Crippen LogP contribution is -2.59. The van der Waals surface area contributed by atoms with Crippen LogP contribution in [0.4, 0.5) is 5.69 Å². The van der Waals surface area contributed by atoms with Gasteiger partial charge >= 0.3 is 0 Å². The Balaban J connectivity index is 1.90. The van der Waals surface area contributed by atoms with Crippen LogP contribution in [0.3, 0.4) is 0 Å². The lowest BCUT2D eigenvalue weighted by molar-refractivity contribution is -0.128. The van der Waals surface area contributed by atoms with Crippen molar-refractivity contribution in [2.24, 2.45) is 0 Å². The average molecular weight is 381 g/mol. The van der Waals surface area contributed by atoms with Crippen LogP contribution in [0.25, 0.3) is 0 Å². The van der Waals surface area contributed by atoms with Crippen LogP contribution in [0, 0.1) is 0 Å². The van der Waals surface area contributed by atoms with Crippen LogP contribution < -0.4 is 4.90 Å². The topological polar surface area (TPSA) is 32.8 Å². The number of anilines is 1. The zero-order valence-corrected chi connectivity index (χ0v) is 15.3. The Morgan fingerprint density at radius 1 is 1.31 bits per heavy atom. The number of carbonyl (C=O) groups is 1. The Morgan fingerprint density at radius 2 is 2.12 bits per heavy atom. The fourth-order valence-electron chi connectivity index (χ4n) is 3.26. The van der Waals surface area contributed by atoms with Crippen molar-refractivity contribution in [2.75, 3.05) is 31.6 Å². The molecule has 0 bridgehead atoms. The molecule has 0 radical (unpaired) electrons. The fourth-order valence-corrected chi connectivity index (χ4v) is 3.87. The normalized spacial score (nSPS) is 23.2. The first-order valence-corrected chi connectivity index (χ1v) is 9.44. The Morgan fingerprint density at radius 3 is 2.77 bits per heavy atom. The number of ether oxygens (including phenoxy) is 1. The van der Waals surface area contributed by atoms with Gasteiger partial charge in [-0.25, -0.2) is 0 Å². The molecule has 1 saturated heterocycles. The fraction of sp³-hybridized carbons (Fsp3) is 0.476. The molecule has 1 amide bonds. The largest absolute Gasteiger partial charge is 0.358 e. The third-order valence-electron chi connectivity index (χ3n) is 4.65. The van der Waals surface area contributed by atoms with E-state index in [9.17, 15) is 4.79 Å². The van der Waals surface area contributed by atoms with Gasteiger partial charge in [-0.15, -0.1) is 11.3 Å². The number of amides is 1. The van der Waals surface area contributed by atoms with Gasteiger partial charge in [0.1, 0.15) is 5.72 Å². The number of piperidine rings is 1. The number of nitrogens with zero attached hydrogens (tertiary/aromatic N) is 2. The van der Waals surface area contributed by atoms with Gasteiger partial charge in [0.15, 0.2) is 0 Å². The highest BCUT2D eigenvalue weighted by Gasteiger charge is 2.42. The first kappa shape index (κ1) is 11.2. The highest BCUT2D eigenvalue weighted by Crippen LogP contribution is 2.34. The second-order valence-corrected chi connectivity index (χ2v) is 7.17. The third kappa shape index (κ3) is 4.17. The molecule has 1 fully saturated rings. The molecule has 4 nitrogen and oxygen atoms in total. The van der Waals surface area contributed by atoms with Crippen molar-refractivity contribution in [1.82, 2.24) is 4.90 Å². The highest BCUT2D eigenvalue weighted by molar-refractivity contribution is 7.09. The molecular weight excluding hydrogens is 344 g/mol. The van der Waals surface area contributed by atoms with Crippen molar-refractivity contribution >= 4 is 22.9 Å². The van der Waals surface area contributed by atoms with Gasteiger partial charge in [-0.05, 0) is 30.0 Å². The zero-order valence-electron chi connectivity index (χ0n) is 22.5. The number of rotatable bonds is 7. The smallest absolute Gasteiger partial charge is 0.229 e. The molecule has 1 aromatic carbocycles. The Labute approximate surface area is 171 Å². The van der Waals surface area contributed by atoms with E-state index in [1.54, 1.807) is 42.5 Å². The average Bonchev–Trinajstić information content (AvgIpc) is 3.24. The summed E-state index contributed by atoms with van der Waals surface area (Å²) < 4.78 is 68.4. The van der Waals surface area contributed by atoms with Crippen LogP contribution in [-0.2, 0) is 15.9 Å². The Kier molecular flexibility index (Phi) is 3.80. The lowest BCUT2D eigenvalue weighted by atomic mass is 9.96. The van der Waals surface area contributed by atoms with E-state index < -0.39 is 38.3 Å². The van der Waals surface area contributed by atoms with Crippen molar-refractivity contribution in [2.45, 2.75) is 38.2 Å². The molecule has 1 aromatic heterocycles. The van der Waals surface area contributed by atoms with Crippen LogP contribution in [0.15, 0.2) is 47.8 Å². The zero-order chi connectivity index (χ0) is 25.2. The summed E-state index contributed by atoms with van der Waals surface area (Å²) >= 11 is 1.33. The molecule has 0 aliphatic carbocycles. The van der Waals surface area contributed by atoms with E-state index >= 15 is 0 Å². The summed E-state index contributed by atoms with van der Waals surface area (Å²) in [5, 5.41) is 1.81. The van der Waals surface area contributed by atoms with E-state index in [0.29, 0.717) is 10.6 Å². The minimum Gasteiger partial charge on any atom is -0.358 e. The quantitative estimate of drug-likeness (QED) is 0.676. The van der Waals surface area contributed by atoms with Crippen LogP contribution in [0.5, 0.6) is 0 Å². The van der Waals surface area contributed by atoms with Crippen LogP contribution in [-0.4, -0.2) is 43.2 Å². The summed E-state index contributed by atoms with van der Waals surface area (Å²) in [5.41, 5.74) is -1.25. The summed E-state index contributed by atoms with van der Waals surface area (Å²) in [6.45, 7) is -1.90. The van der Waals surface area contributed by atoms with Gasteiger partial charge in [0, 0.05) is 63.4 Å². The minimum absolute atomic E-state index is 0.0769. The van der Waals surface area contributed by atoms with Gasteiger partial charge in [0.2, 0.25) is 5.91 Å². The lowest BCUT2D eigenvalue weighted by Gasteiger charge is -2.47. The van der Waals surface area contributed by atoms with E-state index in [1.165, 1.54) is 16.2 Å². The molecule has 0 unspecified atom stereocenters. The van der Waals surface area contributed by atoms with Crippen molar-refractivity contribution < 1.29 is 20.5 Å². The van der Waals surface area contributed by atoms with E-state index in [-0.39, 0.29) is 32.5 Å². The van der Waals surface area contributed by atoms with Crippen molar-refractivity contribution in [3.8, 4) is 0 Å². The summed E-state index contributed by atoms with van der Waals surface area (Å²) in [7, 11) is -2.83. The molecular formula is C21H28N2O2S. The maximum absolute atomic E-state index is 13.2. The van der Waals surface area contributed by atoms with E-state index in [1.807, 2.05) is 10.3 Å². The SMILES string of the molecule is [2H]C([2H])([2H])CC(=O)N(c1ccccc1)C1(OC([2H])([2H])[2H])CCN(CC([2H])([2H])c2cccs2)CC1. The summed E-state index contributed by atoms with van der Waals surface area (Å²) in [6, 6.07) is 11.9. The maximum Gasteiger partial charge on any atom is 0.229 e. The Bertz CT molecular complexity index is 940. The molecule has 2 heterocycles. The third-order valence-corrected chi connectivity index (χ3v) is 5.48. The number of hydrogen-bond donors (Lipinski definition) is 0. The van der Waals surface area contributed by atoms with Gasteiger partial charge in [-0.2, -0.15) is 0 Å². The molecule has 26 heavy (non-hydrogen) atoms. The molecule has 3 rings (SSSR count). The number of carbonyl (C=O) groups excluding carboxylic acids is 1. The summed E-state index contributed by atoms with van der Waals surface area (Å²) in [5.74, 6) is -0.752. The van der Waals surface area contributed by atoms with E-state index in [4.69, 9.17) is 15.7 Å². The minimum atomic E-state index is -2.83. The van der Waals surface area contributed by atoms with Gasteiger partial charge in [-0.3, -0.25) is 9.69 Å². The van der Waals surface area contributed by atoms with Crippen LogP contribution in [0.1, 0.15) is 42.0 Å². The van der Waals surface area contributed by atoms with Gasteiger partial charge in [0.05, 0.1) is 4.11 Å². The van der Waals surface area contributed by atoms with Gasteiger partial charge in [-0.1, -0.05) is 31.1 Å². The molecule has 5 heteroatoms. The van der Waals surface area contributed by atoms with Crippen LogP contribution in [0.2, 0.25) is 0 Å². The second kappa shape index (κ2) is 8.80. The predicted molar refractivity (Wildman–Crippen MR) is 108 cm³/mol. The van der Waals surface area contributed by atoms with E-state index in [0.717, 1.165) is 0 Å². The molecule has 0 spiro atoms. The Hall–Kier alpha value is -1.69. The van der Waals surface area contributed by atoms with Gasteiger partial charge < -0.3 is 9.64 Å². The van der Waals surface area contributed by atoms with Crippen LogP contribution >= 0.6 is 11.3 Å². The number of methoxy groups -OCH3 is 1. The van der Waals surface area contributed by atoms with Crippen molar-refractivity contribution in [3.05, 3.63) is 52.7 Å². The predicted octanol–water partition coefficient (Wildman–Crippen LogP) is 4.17. The first-order valence-electron chi connectivity index (χ1n) is 12.6. The number of likely N-dealkylation sites (tertiary alicyclic amines) is 1. The summed E-state index contributed by atoms with van der Waals surface area (Å²) in [4.78, 5) is 16.9. The van der Waals surface area contributed by atoms with Crippen molar-refractivity contribution in [3.63, 3.8) is 0 Å². The van der Waals surface area contributed by atoms with Crippen molar-refractivity contribution in [1.29, 1.82) is 0 Å². The molecule has 1 aliphatic rings. The molecule has 0 saturated carbocycles. The monoisotopic (exact) mass is 380 g/mol. The number of para-hydroxylation sites is 1. The number of thiophene rings is 1. The standard InChI is InChI=1S/C21H28N2O2S/c1-3-20(24)23(18-8-5-4-6-9-18)21(25-2)12-15-22(16-13-21)14-11-19-10-7-17-26-19/h4-10,17H,3,11-16H2,1-2H3/i1D3,2D3,11D2. The molecule has 0 N–H and O–H groups in total. The van der Waals surface area contributed by atoms with Gasteiger partial charge in [0.25, 0.3) is 0 Å². The molecule has 140 valence electrons. The summed E-state index contributed by atoms with van der Waals surface area (Å²) in [6.07, 6.45) is -2.20. The van der Waals surface area contributed by atoms with E-state index in [2.05, 4.69) is 0 Å². The number of hydrogen-bond acceptors (Lipinski definition) is 4. The second-order valence-electron chi connectivity index (χ2n) is 6.22. The first-order chi connectivity index (χ1) is 15.7. The molecule has 2 aromatic rings.